The lowest BCUT2D eigenvalue weighted by molar-refractivity contribution is 0.100. The SMILES string of the molecule is Cc1cnn2c(-c3c(C)ccc(O)c3C)c(N)c(C(N)=O)c2c1. The van der Waals surface area contributed by atoms with E-state index >= 15 is 0 Å². The Morgan fingerprint density at radius 2 is 1.96 bits per heavy atom. The van der Waals surface area contributed by atoms with Gasteiger partial charge in [0.1, 0.15) is 5.75 Å². The summed E-state index contributed by atoms with van der Waals surface area (Å²) in [6.07, 6.45) is 1.69. The molecule has 0 unspecified atom stereocenters. The number of carbonyl (C=O) groups is 1. The molecule has 0 aliphatic rings. The van der Waals surface area contributed by atoms with E-state index in [9.17, 15) is 9.90 Å². The summed E-state index contributed by atoms with van der Waals surface area (Å²) in [6, 6.07) is 5.25. The molecule has 0 spiro atoms. The number of aryl methyl sites for hydroxylation is 2. The van der Waals surface area contributed by atoms with Crippen LogP contribution in [0, 0.1) is 20.8 Å². The number of aromatic hydroxyl groups is 1. The predicted octanol–water partition coefficient (Wildman–Crippen LogP) is 2.31. The molecule has 0 radical (unpaired) electrons. The van der Waals surface area contributed by atoms with Gasteiger partial charge in [0, 0.05) is 11.1 Å². The minimum atomic E-state index is -0.603. The van der Waals surface area contributed by atoms with Gasteiger partial charge in [-0.15, -0.1) is 0 Å². The van der Waals surface area contributed by atoms with E-state index in [1.807, 2.05) is 19.9 Å². The summed E-state index contributed by atoms with van der Waals surface area (Å²) in [5.41, 5.74) is 16.7. The van der Waals surface area contributed by atoms with E-state index in [-0.39, 0.29) is 17.0 Å². The van der Waals surface area contributed by atoms with Crippen molar-refractivity contribution in [2.24, 2.45) is 5.73 Å². The third-order valence-electron chi connectivity index (χ3n) is 4.09. The van der Waals surface area contributed by atoms with Gasteiger partial charge >= 0.3 is 0 Å². The number of anilines is 1. The van der Waals surface area contributed by atoms with Gasteiger partial charge in [-0.05, 0) is 44.0 Å². The molecule has 1 amide bonds. The number of fused-ring (bicyclic) bond motifs is 1. The van der Waals surface area contributed by atoms with Crippen molar-refractivity contribution in [2.45, 2.75) is 20.8 Å². The standard InChI is InChI=1S/C17H18N4O2/c1-8-6-11-14(17(19)23)15(18)16(21(11)20-7-8)13-9(2)4-5-12(22)10(13)3/h4-7,22H,18H2,1-3H3,(H2,19,23). The molecule has 2 aromatic heterocycles. The first kappa shape index (κ1) is 14.9. The topological polar surface area (TPSA) is 107 Å². The third kappa shape index (κ3) is 2.11. The fourth-order valence-electron chi connectivity index (χ4n) is 2.95. The Bertz CT molecular complexity index is 957. The van der Waals surface area contributed by atoms with Gasteiger partial charge in [-0.3, -0.25) is 4.79 Å². The van der Waals surface area contributed by atoms with Crippen LogP contribution in [-0.2, 0) is 0 Å². The van der Waals surface area contributed by atoms with Crippen molar-refractivity contribution < 1.29 is 9.90 Å². The number of hydrogen-bond donors (Lipinski definition) is 3. The molecule has 0 saturated heterocycles. The molecule has 1 aromatic carbocycles. The summed E-state index contributed by atoms with van der Waals surface area (Å²) in [7, 11) is 0. The Morgan fingerprint density at radius 1 is 1.26 bits per heavy atom. The average molecular weight is 310 g/mol. The maximum atomic E-state index is 11.9. The van der Waals surface area contributed by atoms with Crippen LogP contribution in [0.3, 0.4) is 0 Å². The quantitative estimate of drug-likeness (QED) is 0.675. The number of nitrogens with two attached hydrogens (primary N) is 2. The third-order valence-corrected chi connectivity index (χ3v) is 4.09. The summed E-state index contributed by atoms with van der Waals surface area (Å²) in [6.45, 7) is 5.60. The molecule has 3 aromatic rings. The molecule has 0 fully saturated rings. The molecule has 118 valence electrons. The molecule has 6 heteroatoms. The molecule has 0 saturated carbocycles. The number of benzene rings is 1. The second kappa shape index (κ2) is 5.01. The second-order valence-corrected chi connectivity index (χ2v) is 5.73. The highest BCUT2D eigenvalue weighted by Gasteiger charge is 2.24. The van der Waals surface area contributed by atoms with Crippen LogP contribution in [0.2, 0.25) is 0 Å². The molecular formula is C17H18N4O2. The Kier molecular flexibility index (Phi) is 3.25. The smallest absolute Gasteiger partial charge is 0.253 e. The molecular weight excluding hydrogens is 292 g/mol. The number of nitrogens with zero attached hydrogens (tertiary/aromatic N) is 2. The molecule has 23 heavy (non-hydrogen) atoms. The Balaban J connectivity index is 2.52. The van der Waals surface area contributed by atoms with E-state index < -0.39 is 5.91 Å². The lowest BCUT2D eigenvalue weighted by atomic mass is 9.98. The summed E-state index contributed by atoms with van der Waals surface area (Å²) in [5.74, 6) is -0.443. The van der Waals surface area contributed by atoms with Crippen LogP contribution in [0.15, 0.2) is 24.4 Å². The fraction of sp³-hybridized carbons (Fsp3) is 0.176. The highest BCUT2D eigenvalue weighted by molar-refractivity contribution is 6.09. The minimum absolute atomic E-state index is 0.160. The second-order valence-electron chi connectivity index (χ2n) is 5.73. The van der Waals surface area contributed by atoms with Gasteiger partial charge < -0.3 is 16.6 Å². The molecule has 0 atom stereocenters. The number of amides is 1. The molecule has 0 bridgehead atoms. The maximum absolute atomic E-state index is 11.9. The van der Waals surface area contributed by atoms with E-state index in [1.165, 1.54) is 0 Å². The van der Waals surface area contributed by atoms with Crippen molar-refractivity contribution >= 4 is 17.1 Å². The number of rotatable bonds is 2. The van der Waals surface area contributed by atoms with Crippen LogP contribution in [0.5, 0.6) is 5.75 Å². The van der Waals surface area contributed by atoms with Gasteiger partial charge in [-0.25, -0.2) is 4.52 Å². The molecule has 3 rings (SSSR count). The van der Waals surface area contributed by atoms with Crippen LogP contribution in [0.4, 0.5) is 5.69 Å². The largest absolute Gasteiger partial charge is 0.508 e. The van der Waals surface area contributed by atoms with E-state index in [1.54, 1.807) is 29.8 Å². The zero-order chi connectivity index (χ0) is 16.9. The lowest BCUT2D eigenvalue weighted by Crippen LogP contribution is -2.12. The van der Waals surface area contributed by atoms with Crippen molar-refractivity contribution in [1.29, 1.82) is 0 Å². The van der Waals surface area contributed by atoms with E-state index in [0.717, 1.165) is 16.7 Å². The summed E-state index contributed by atoms with van der Waals surface area (Å²) in [5, 5.41) is 14.4. The van der Waals surface area contributed by atoms with Crippen LogP contribution in [0.1, 0.15) is 27.0 Å². The van der Waals surface area contributed by atoms with Crippen molar-refractivity contribution in [3.05, 3.63) is 46.6 Å². The van der Waals surface area contributed by atoms with Crippen LogP contribution >= 0.6 is 0 Å². The van der Waals surface area contributed by atoms with Crippen LogP contribution in [0.25, 0.3) is 16.8 Å². The van der Waals surface area contributed by atoms with E-state index in [2.05, 4.69) is 5.10 Å². The molecule has 6 nitrogen and oxygen atoms in total. The summed E-state index contributed by atoms with van der Waals surface area (Å²) < 4.78 is 1.61. The summed E-state index contributed by atoms with van der Waals surface area (Å²) >= 11 is 0. The highest BCUT2D eigenvalue weighted by Crippen LogP contribution is 2.39. The Morgan fingerprint density at radius 3 is 2.61 bits per heavy atom. The van der Waals surface area contributed by atoms with Gasteiger partial charge in [0.05, 0.1) is 28.7 Å². The van der Waals surface area contributed by atoms with Crippen molar-refractivity contribution in [2.75, 3.05) is 5.73 Å². The molecule has 0 aliphatic heterocycles. The van der Waals surface area contributed by atoms with Crippen LogP contribution < -0.4 is 11.5 Å². The van der Waals surface area contributed by atoms with Gasteiger partial charge in [0.25, 0.3) is 5.91 Å². The van der Waals surface area contributed by atoms with Gasteiger partial charge in [-0.1, -0.05) is 6.07 Å². The van der Waals surface area contributed by atoms with Gasteiger partial charge in [0.2, 0.25) is 0 Å². The van der Waals surface area contributed by atoms with Gasteiger partial charge in [0.15, 0.2) is 0 Å². The van der Waals surface area contributed by atoms with Crippen molar-refractivity contribution in [3.8, 4) is 17.0 Å². The van der Waals surface area contributed by atoms with Crippen molar-refractivity contribution in [1.82, 2.24) is 9.61 Å². The predicted molar refractivity (Wildman–Crippen MR) is 89.4 cm³/mol. The summed E-state index contributed by atoms with van der Waals surface area (Å²) in [4.78, 5) is 11.9. The Labute approximate surface area is 133 Å². The van der Waals surface area contributed by atoms with E-state index in [4.69, 9.17) is 11.5 Å². The highest BCUT2D eigenvalue weighted by atomic mass is 16.3. The molecule has 2 heterocycles. The normalized spacial score (nSPS) is 11.1. The Hall–Kier alpha value is -3.02. The number of phenolic OH excluding ortho intramolecular Hbond substituents is 1. The number of aromatic nitrogens is 2. The average Bonchev–Trinajstić information content (AvgIpc) is 2.75. The molecule has 5 N–H and O–H groups in total. The van der Waals surface area contributed by atoms with Crippen molar-refractivity contribution in [3.63, 3.8) is 0 Å². The maximum Gasteiger partial charge on any atom is 0.253 e. The first-order chi connectivity index (χ1) is 10.8. The minimum Gasteiger partial charge on any atom is -0.508 e. The number of phenols is 1. The zero-order valence-electron chi connectivity index (χ0n) is 13.2. The van der Waals surface area contributed by atoms with Gasteiger partial charge in [-0.2, -0.15) is 5.10 Å². The number of hydrogen-bond acceptors (Lipinski definition) is 4. The van der Waals surface area contributed by atoms with Crippen LogP contribution in [-0.4, -0.2) is 20.6 Å². The van der Waals surface area contributed by atoms with E-state index in [0.29, 0.717) is 16.8 Å². The fourth-order valence-corrected chi connectivity index (χ4v) is 2.95. The first-order valence-corrected chi connectivity index (χ1v) is 7.19. The number of nitrogen functional groups attached to an aromatic ring is 1. The number of carbonyl (C=O) groups excluding carboxylic acids is 1. The number of primary amides is 1. The monoisotopic (exact) mass is 310 g/mol. The first-order valence-electron chi connectivity index (χ1n) is 7.19. The lowest BCUT2D eigenvalue weighted by Gasteiger charge is -2.12. The zero-order valence-corrected chi connectivity index (χ0v) is 13.2. The molecule has 0 aliphatic carbocycles.